The van der Waals surface area contributed by atoms with E-state index in [4.69, 9.17) is 0 Å². The van der Waals surface area contributed by atoms with Crippen LogP contribution in [-0.2, 0) is 0 Å². The molecule has 0 radical (unpaired) electrons. The standard InChI is InChI=1S/C16H32N2/c1-4-17-16-8-6-5-7-15(16)12-18-11-13(2)9-10-14(18)3/h13-17H,4-12H2,1-3H3. The van der Waals surface area contributed by atoms with E-state index < -0.39 is 0 Å². The Morgan fingerprint density at radius 2 is 1.83 bits per heavy atom. The van der Waals surface area contributed by atoms with Gasteiger partial charge in [0.15, 0.2) is 0 Å². The summed E-state index contributed by atoms with van der Waals surface area (Å²) in [6, 6.07) is 1.60. The minimum absolute atomic E-state index is 0.785. The molecule has 4 atom stereocenters. The van der Waals surface area contributed by atoms with Gasteiger partial charge in [-0.3, -0.25) is 0 Å². The van der Waals surface area contributed by atoms with Crippen LogP contribution in [0, 0.1) is 11.8 Å². The molecule has 2 fully saturated rings. The molecule has 0 spiro atoms. The lowest BCUT2D eigenvalue weighted by molar-refractivity contribution is 0.0843. The average molecular weight is 252 g/mol. The first kappa shape index (κ1) is 14.3. The van der Waals surface area contributed by atoms with Crippen molar-refractivity contribution in [1.29, 1.82) is 0 Å². The van der Waals surface area contributed by atoms with Crippen LogP contribution in [0.4, 0.5) is 0 Å². The van der Waals surface area contributed by atoms with Crippen LogP contribution >= 0.6 is 0 Å². The van der Waals surface area contributed by atoms with E-state index in [1.54, 1.807) is 0 Å². The van der Waals surface area contributed by atoms with Gasteiger partial charge in [-0.25, -0.2) is 0 Å². The minimum Gasteiger partial charge on any atom is -0.314 e. The van der Waals surface area contributed by atoms with Gasteiger partial charge in [0.2, 0.25) is 0 Å². The molecule has 0 bridgehead atoms. The number of nitrogens with one attached hydrogen (secondary N) is 1. The molecule has 0 amide bonds. The number of hydrogen-bond donors (Lipinski definition) is 1. The first-order valence-corrected chi connectivity index (χ1v) is 8.18. The third kappa shape index (κ3) is 3.71. The molecule has 1 saturated heterocycles. The predicted molar refractivity (Wildman–Crippen MR) is 78.9 cm³/mol. The molecular formula is C16H32N2. The van der Waals surface area contributed by atoms with Gasteiger partial charge in [0.05, 0.1) is 0 Å². The van der Waals surface area contributed by atoms with Crippen molar-refractivity contribution in [2.45, 2.75) is 71.4 Å². The van der Waals surface area contributed by atoms with Crippen molar-refractivity contribution in [2.24, 2.45) is 11.8 Å². The van der Waals surface area contributed by atoms with Gasteiger partial charge >= 0.3 is 0 Å². The summed E-state index contributed by atoms with van der Waals surface area (Å²) in [6.07, 6.45) is 8.55. The Morgan fingerprint density at radius 1 is 1.06 bits per heavy atom. The van der Waals surface area contributed by atoms with E-state index in [-0.39, 0.29) is 0 Å². The zero-order valence-electron chi connectivity index (χ0n) is 12.6. The fourth-order valence-electron chi connectivity index (χ4n) is 3.89. The van der Waals surface area contributed by atoms with E-state index in [2.05, 4.69) is 31.0 Å². The minimum atomic E-state index is 0.785. The molecule has 4 unspecified atom stereocenters. The van der Waals surface area contributed by atoms with Crippen molar-refractivity contribution in [3.8, 4) is 0 Å². The predicted octanol–water partition coefficient (Wildman–Crippen LogP) is 3.28. The SMILES string of the molecule is CCNC1CCCCC1CN1CC(C)CCC1C. The highest BCUT2D eigenvalue weighted by Gasteiger charge is 2.30. The van der Waals surface area contributed by atoms with E-state index in [0.717, 1.165) is 30.5 Å². The van der Waals surface area contributed by atoms with E-state index in [9.17, 15) is 0 Å². The van der Waals surface area contributed by atoms with Crippen molar-refractivity contribution >= 4 is 0 Å². The van der Waals surface area contributed by atoms with E-state index >= 15 is 0 Å². The summed E-state index contributed by atoms with van der Waals surface area (Å²) in [4.78, 5) is 2.77. The Hall–Kier alpha value is -0.0800. The van der Waals surface area contributed by atoms with Crippen molar-refractivity contribution < 1.29 is 0 Å². The van der Waals surface area contributed by atoms with Gasteiger partial charge in [0, 0.05) is 25.2 Å². The summed E-state index contributed by atoms with van der Waals surface area (Å²) in [5.74, 6) is 1.80. The number of rotatable bonds is 4. The maximum absolute atomic E-state index is 3.72. The monoisotopic (exact) mass is 252 g/mol. The van der Waals surface area contributed by atoms with Crippen LogP contribution in [0.15, 0.2) is 0 Å². The molecule has 2 aliphatic rings. The highest BCUT2D eigenvalue weighted by molar-refractivity contribution is 4.86. The van der Waals surface area contributed by atoms with Crippen LogP contribution in [-0.4, -0.2) is 36.6 Å². The van der Waals surface area contributed by atoms with Gasteiger partial charge in [-0.05, 0) is 51.0 Å². The molecule has 2 heteroatoms. The zero-order chi connectivity index (χ0) is 13.0. The fraction of sp³-hybridized carbons (Fsp3) is 1.00. The zero-order valence-corrected chi connectivity index (χ0v) is 12.6. The van der Waals surface area contributed by atoms with Crippen LogP contribution < -0.4 is 5.32 Å². The van der Waals surface area contributed by atoms with Crippen molar-refractivity contribution in [1.82, 2.24) is 10.2 Å². The van der Waals surface area contributed by atoms with Gasteiger partial charge in [-0.2, -0.15) is 0 Å². The van der Waals surface area contributed by atoms with Gasteiger partial charge in [-0.15, -0.1) is 0 Å². The van der Waals surface area contributed by atoms with Crippen LogP contribution in [0.25, 0.3) is 0 Å². The molecule has 2 rings (SSSR count). The van der Waals surface area contributed by atoms with Gasteiger partial charge in [0.25, 0.3) is 0 Å². The van der Waals surface area contributed by atoms with E-state index in [0.29, 0.717) is 0 Å². The Kier molecular flexibility index (Phi) is 5.50. The summed E-state index contributed by atoms with van der Waals surface area (Å²) in [7, 11) is 0. The van der Waals surface area contributed by atoms with Crippen molar-refractivity contribution in [2.75, 3.05) is 19.6 Å². The lowest BCUT2D eigenvalue weighted by Crippen LogP contribution is -2.49. The molecule has 18 heavy (non-hydrogen) atoms. The van der Waals surface area contributed by atoms with Gasteiger partial charge in [0.1, 0.15) is 0 Å². The molecule has 1 aliphatic heterocycles. The Balaban J connectivity index is 1.88. The highest BCUT2D eigenvalue weighted by Crippen LogP contribution is 2.28. The molecule has 1 N–H and O–H groups in total. The largest absolute Gasteiger partial charge is 0.314 e. The van der Waals surface area contributed by atoms with Crippen molar-refractivity contribution in [3.63, 3.8) is 0 Å². The molecule has 1 aliphatic carbocycles. The van der Waals surface area contributed by atoms with E-state index in [1.807, 2.05) is 0 Å². The fourth-order valence-corrected chi connectivity index (χ4v) is 3.89. The summed E-state index contributed by atoms with van der Waals surface area (Å²) in [5.41, 5.74) is 0. The average Bonchev–Trinajstić information content (AvgIpc) is 2.36. The van der Waals surface area contributed by atoms with Gasteiger partial charge < -0.3 is 10.2 Å². The summed E-state index contributed by atoms with van der Waals surface area (Å²) in [6.45, 7) is 10.9. The van der Waals surface area contributed by atoms with Crippen LogP contribution in [0.3, 0.4) is 0 Å². The number of hydrogen-bond acceptors (Lipinski definition) is 2. The second kappa shape index (κ2) is 6.91. The molecule has 0 aromatic rings. The smallest absolute Gasteiger partial charge is 0.0107 e. The topological polar surface area (TPSA) is 15.3 Å². The summed E-state index contributed by atoms with van der Waals surface area (Å²) < 4.78 is 0. The highest BCUT2D eigenvalue weighted by atomic mass is 15.2. The molecular weight excluding hydrogens is 220 g/mol. The second-order valence-electron chi connectivity index (χ2n) is 6.69. The Morgan fingerprint density at radius 3 is 2.61 bits per heavy atom. The second-order valence-corrected chi connectivity index (χ2v) is 6.69. The summed E-state index contributed by atoms with van der Waals surface area (Å²) >= 11 is 0. The Bertz CT molecular complexity index is 239. The maximum atomic E-state index is 3.72. The molecule has 2 nitrogen and oxygen atoms in total. The van der Waals surface area contributed by atoms with Crippen LogP contribution in [0.5, 0.6) is 0 Å². The third-order valence-corrected chi connectivity index (χ3v) is 5.09. The molecule has 1 heterocycles. The summed E-state index contributed by atoms with van der Waals surface area (Å²) in [5, 5.41) is 3.72. The number of likely N-dealkylation sites (tertiary alicyclic amines) is 1. The van der Waals surface area contributed by atoms with Crippen molar-refractivity contribution in [3.05, 3.63) is 0 Å². The normalized spacial score (nSPS) is 38.8. The molecule has 1 saturated carbocycles. The maximum Gasteiger partial charge on any atom is 0.0107 e. The van der Waals surface area contributed by atoms with Crippen LogP contribution in [0.2, 0.25) is 0 Å². The first-order chi connectivity index (χ1) is 8.70. The lowest BCUT2D eigenvalue weighted by atomic mass is 9.83. The first-order valence-electron chi connectivity index (χ1n) is 8.18. The van der Waals surface area contributed by atoms with Gasteiger partial charge in [-0.1, -0.05) is 26.7 Å². The van der Waals surface area contributed by atoms with Crippen LogP contribution in [0.1, 0.15) is 59.3 Å². The Labute approximate surface area is 114 Å². The molecule has 106 valence electrons. The quantitative estimate of drug-likeness (QED) is 0.826. The molecule has 0 aromatic heterocycles. The molecule has 0 aromatic carbocycles. The third-order valence-electron chi connectivity index (χ3n) is 5.09. The number of piperidine rings is 1. The van der Waals surface area contributed by atoms with E-state index in [1.165, 1.54) is 51.6 Å². The lowest BCUT2D eigenvalue weighted by Gasteiger charge is -2.42. The number of nitrogens with zero attached hydrogens (tertiary/aromatic N) is 1.